The summed E-state index contributed by atoms with van der Waals surface area (Å²) in [6.45, 7) is 10.7. The predicted octanol–water partition coefficient (Wildman–Crippen LogP) is 1.85. The summed E-state index contributed by atoms with van der Waals surface area (Å²) in [6.07, 6.45) is 2.10. The average molecular weight is 249 g/mol. The molecule has 1 aromatic heterocycles. The highest BCUT2D eigenvalue weighted by Gasteiger charge is 2.32. The van der Waals surface area contributed by atoms with Crippen LogP contribution in [0.5, 0.6) is 0 Å². The van der Waals surface area contributed by atoms with Gasteiger partial charge in [0.2, 0.25) is 0 Å². The van der Waals surface area contributed by atoms with E-state index in [2.05, 4.69) is 43.6 Å². The van der Waals surface area contributed by atoms with Gasteiger partial charge in [0.25, 0.3) is 0 Å². The Balaban J connectivity index is 2.25. The lowest BCUT2D eigenvalue weighted by Gasteiger charge is -2.42. The number of hydrogen-bond donors (Lipinski definition) is 1. The zero-order valence-electron chi connectivity index (χ0n) is 11.7. The molecular weight excluding hydrogens is 226 g/mol. The number of hydrogen-bond acceptors (Lipinski definition) is 4. The normalized spacial score (nSPS) is 23.2. The van der Waals surface area contributed by atoms with Crippen molar-refractivity contribution < 1.29 is 4.74 Å². The van der Waals surface area contributed by atoms with Crippen molar-refractivity contribution in [2.75, 3.05) is 18.0 Å². The number of morpholine rings is 1. The topological polar surface area (TPSA) is 51.4 Å². The number of nitrogens with two attached hydrogens (primary N) is 1. The van der Waals surface area contributed by atoms with Crippen molar-refractivity contribution in [3.05, 3.63) is 23.4 Å². The molecule has 1 fully saturated rings. The van der Waals surface area contributed by atoms with Crippen LogP contribution in [0.4, 0.5) is 5.82 Å². The van der Waals surface area contributed by atoms with Crippen molar-refractivity contribution in [3.8, 4) is 0 Å². The number of pyridine rings is 1. The molecule has 0 aliphatic carbocycles. The Kier molecular flexibility index (Phi) is 3.59. The van der Waals surface area contributed by atoms with E-state index in [1.54, 1.807) is 0 Å². The molecule has 1 atom stereocenters. The Morgan fingerprint density at radius 1 is 1.56 bits per heavy atom. The third-order valence-corrected chi connectivity index (χ3v) is 3.21. The van der Waals surface area contributed by atoms with Gasteiger partial charge in [-0.25, -0.2) is 4.98 Å². The van der Waals surface area contributed by atoms with Crippen molar-refractivity contribution in [1.82, 2.24) is 4.98 Å². The molecule has 0 saturated carbocycles. The summed E-state index contributed by atoms with van der Waals surface area (Å²) in [5.74, 6) is 1.05. The molecule has 1 saturated heterocycles. The fourth-order valence-corrected chi connectivity index (χ4v) is 2.68. The van der Waals surface area contributed by atoms with Crippen molar-refractivity contribution >= 4 is 5.82 Å². The first-order chi connectivity index (χ1) is 8.41. The minimum atomic E-state index is -0.127. The van der Waals surface area contributed by atoms with Crippen LogP contribution in [0.25, 0.3) is 0 Å². The Labute approximate surface area is 109 Å². The van der Waals surface area contributed by atoms with E-state index >= 15 is 0 Å². The fourth-order valence-electron chi connectivity index (χ4n) is 2.68. The van der Waals surface area contributed by atoms with E-state index in [0.717, 1.165) is 24.5 Å². The standard InChI is InChI=1S/C14H23N3O/c1-10-5-12(6-15)7-16-13(10)17-8-11(2)18-14(3,4)9-17/h5,7,11H,6,8-9,15H2,1-4H3. The molecule has 2 N–H and O–H groups in total. The second-order valence-corrected chi connectivity index (χ2v) is 5.76. The minimum absolute atomic E-state index is 0.127. The largest absolute Gasteiger partial charge is 0.369 e. The van der Waals surface area contributed by atoms with Crippen LogP contribution in [0, 0.1) is 6.92 Å². The molecule has 100 valence electrons. The van der Waals surface area contributed by atoms with Crippen LogP contribution >= 0.6 is 0 Å². The van der Waals surface area contributed by atoms with Gasteiger partial charge in [0.05, 0.1) is 11.7 Å². The van der Waals surface area contributed by atoms with E-state index in [1.807, 2.05) is 6.20 Å². The molecule has 2 rings (SSSR count). The zero-order chi connectivity index (χ0) is 13.3. The lowest BCUT2D eigenvalue weighted by atomic mass is 10.0. The Hall–Kier alpha value is -1.13. The maximum atomic E-state index is 5.92. The van der Waals surface area contributed by atoms with Gasteiger partial charge in [-0.05, 0) is 44.9 Å². The molecule has 2 heterocycles. The van der Waals surface area contributed by atoms with E-state index in [1.165, 1.54) is 5.56 Å². The number of anilines is 1. The molecule has 0 aromatic carbocycles. The van der Waals surface area contributed by atoms with Gasteiger partial charge in [0, 0.05) is 25.8 Å². The third kappa shape index (κ3) is 2.82. The Bertz CT molecular complexity index is 431. The number of nitrogens with zero attached hydrogens (tertiary/aromatic N) is 2. The van der Waals surface area contributed by atoms with Gasteiger partial charge in [-0.15, -0.1) is 0 Å². The van der Waals surface area contributed by atoms with Gasteiger partial charge in [0.15, 0.2) is 0 Å². The molecule has 1 unspecified atom stereocenters. The molecule has 0 spiro atoms. The highest BCUT2D eigenvalue weighted by molar-refractivity contribution is 5.48. The van der Waals surface area contributed by atoms with Crippen LogP contribution < -0.4 is 10.6 Å². The number of ether oxygens (including phenoxy) is 1. The zero-order valence-corrected chi connectivity index (χ0v) is 11.7. The molecular formula is C14H23N3O. The number of rotatable bonds is 2. The van der Waals surface area contributed by atoms with Crippen LogP contribution in [0.1, 0.15) is 31.9 Å². The summed E-state index contributed by atoms with van der Waals surface area (Å²) in [6, 6.07) is 2.12. The van der Waals surface area contributed by atoms with Crippen LogP contribution in [0.3, 0.4) is 0 Å². The maximum Gasteiger partial charge on any atom is 0.131 e. The van der Waals surface area contributed by atoms with Crippen molar-refractivity contribution in [3.63, 3.8) is 0 Å². The van der Waals surface area contributed by atoms with E-state index in [9.17, 15) is 0 Å². The molecule has 0 radical (unpaired) electrons. The minimum Gasteiger partial charge on any atom is -0.369 e. The highest BCUT2D eigenvalue weighted by atomic mass is 16.5. The van der Waals surface area contributed by atoms with Crippen LogP contribution in [-0.2, 0) is 11.3 Å². The van der Waals surface area contributed by atoms with E-state index < -0.39 is 0 Å². The van der Waals surface area contributed by atoms with Crippen LogP contribution in [0.2, 0.25) is 0 Å². The van der Waals surface area contributed by atoms with Gasteiger partial charge in [0.1, 0.15) is 5.82 Å². The molecule has 4 nitrogen and oxygen atoms in total. The van der Waals surface area contributed by atoms with Gasteiger partial charge >= 0.3 is 0 Å². The van der Waals surface area contributed by atoms with Gasteiger partial charge in [-0.1, -0.05) is 0 Å². The lowest BCUT2D eigenvalue weighted by molar-refractivity contribution is -0.0751. The van der Waals surface area contributed by atoms with Crippen LogP contribution in [-0.4, -0.2) is 29.8 Å². The van der Waals surface area contributed by atoms with Gasteiger partial charge in [-0.2, -0.15) is 0 Å². The SMILES string of the molecule is Cc1cc(CN)cnc1N1CC(C)OC(C)(C)C1. The molecule has 1 aliphatic heterocycles. The average Bonchev–Trinajstić information content (AvgIpc) is 2.25. The quantitative estimate of drug-likeness (QED) is 0.869. The summed E-state index contributed by atoms with van der Waals surface area (Å²) in [5, 5.41) is 0. The van der Waals surface area contributed by atoms with E-state index in [-0.39, 0.29) is 11.7 Å². The summed E-state index contributed by atoms with van der Waals surface area (Å²) in [5.41, 5.74) is 7.78. The maximum absolute atomic E-state index is 5.92. The monoisotopic (exact) mass is 249 g/mol. The second-order valence-electron chi connectivity index (χ2n) is 5.76. The smallest absolute Gasteiger partial charge is 0.131 e. The third-order valence-electron chi connectivity index (χ3n) is 3.21. The number of aryl methyl sites for hydroxylation is 1. The first kappa shape index (κ1) is 13.3. The first-order valence-corrected chi connectivity index (χ1v) is 6.49. The summed E-state index contributed by atoms with van der Waals surface area (Å²) in [4.78, 5) is 6.87. The molecule has 4 heteroatoms. The Morgan fingerprint density at radius 2 is 2.28 bits per heavy atom. The van der Waals surface area contributed by atoms with Crippen molar-refractivity contribution in [2.45, 2.75) is 45.9 Å². The van der Waals surface area contributed by atoms with Gasteiger partial charge < -0.3 is 15.4 Å². The molecule has 0 bridgehead atoms. The van der Waals surface area contributed by atoms with Crippen LogP contribution in [0.15, 0.2) is 12.3 Å². The molecule has 1 aliphatic rings. The van der Waals surface area contributed by atoms with E-state index in [4.69, 9.17) is 10.5 Å². The molecule has 0 amide bonds. The van der Waals surface area contributed by atoms with E-state index in [0.29, 0.717) is 6.54 Å². The molecule has 18 heavy (non-hydrogen) atoms. The second kappa shape index (κ2) is 4.86. The van der Waals surface area contributed by atoms with Crippen molar-refractivity contribution in [1.29, 1.82) is 0 Å². The lowest BCUT2D eigenvalue weighted by Crippen LogP contribution is -2.52. The summed E-state index contributed by atoms with van der Waals surface area (Å²) >= 11 is 0. The summed E-state index contributed by atoms with van der Waals surface area (Å²) in [7, 11) is 0. The predicted molar refractivity (Wildman–Crippen MR) is 73.7 cm³/mol. The molecule has 1 aromatic rings. The Morgan fingerprint density at radius 3 is 2.83 bits per heavy atom. The van der Waals surface area contributed by atoms with Gasteiger partial charge in [-0.3, -0.25) is 0 Å². The highest BCUT2D eigenvalue weighted by Crippen LogP contribution is 2.26. The first-order valence-electron chi connectivity index (χ1n) is 6.49. The number of aromatic nitrogens is 1. The fraction of sp³-hybridized carbons (Fsp3) is 0.643. The van der Waals surface area contributed by atoms with Crippen molar-refractivity contribution in [2.24, 2.45) is 5.73 Å². The summed E-state index contributed by atoms with van der Waals surface area (Å²) < 4.78 is 5.92.